The van der Waals surface area contributed by atoms with Crippen LogP contribution in [0, 0.1) is 12.8 Å². The second kappa shape index (κ2) is 7.29. The van der Waals surface area contributed by atoms with Crippen molar-refractivity contribution >= 4 is 5.91 Å². The number of nitrogens with one attached hydrogen (secondary N) is 2. The summed E-state index contributed by atoms with van der Waals surface area (Å²) >= 11 is 0. The van der Waals surface area contributed by atoms with Crippen LogP contribution in [0.3, 0.4) is 0 Å². The molecule has 1 unspecified atom stereocenters. The Bertz CT molecular complexity index is 411. The molecule has 1 atom stereocenters. The summed E-state index contributed by atoms with van der Waals surface area (Å²) in [5, 5.41) is 6.35. The molecule has 3 nitrogen and oxygen atoms in total. The van der Waals surface area contributed by atoms with Gasteiger partial charge in [0.15, 0.2) is 0 Å². The maximum Gasteiger partial charge on any atom is 0.220 e. The summed E-state index contributed by atoms with van der Waals surface area (Å²) < 4.78 is 0. The summed E-state index contributed by atoms with van der Waals surface area (Å²) in [4.78, 5) is 11.7. The van der Waals surface area contributed by atoms with Crippen LogP contribution in [-0.2, 0) is 11.2 Å². The first-order valence-corrected chi connectivity index (χ1v) is 7.27. The molecule has 0 radical (unpaired) electrons. The van der Waals surface area contributed by atoms with E-state index in [1.807, 2.05) is 0 Å². The summed E-state index contributed by atoms with van der Waals surface area (Å²) in [7, 11) is 0. The van der Waals surface area contributed by atoms with Crippen molar-refractivity contribution in [2.45, 2.75) is 32.6 Å². The van der Waals surface area contributed by atoms with E-state index in [9.17, 15) is 4.79 Å². The number of hydrogen-bond donors (Lipinski definition) is 2. The predicted molar refractivity (Wildman–Crippen MR) is 78.1 cm³/mol. The Balaban J connectivity index is 1.60. The fraction of sp³-hybridized carbons (Fsp3) is 0.562. The van der Waals surface area contributed by atoms with Crippen LogP contribution in [0.15, 0.2) is 24.3 Å². The lowest BCUT2D eigenvalue weighted by Gasteiger charge is -2.09. The van der Waals surface area contributed by atoms with Gasteiger partial charge < -0.3 is 10.6 Å². The number of amides is 1. The molecule has 1 amide bonds. The Morgan fingerprint density at radius 1 is 1.47 bits per heavy atom. The van der Waals surface area contributed by atoms with Gasteiger partial charge in [0.05, 0.1) is 0 Å². The van der Waals surface area contributed by atoms with E-state index in [0.717, 1.165) is 32.5 Å². The van der Waals surface area contributed by atoms with Crippen LogP contribution in [0.2, 0.25) is 0 Å². The monoisotopic (exact) mass is 260 g/mol. The Morgan fingerprint density at radius 3 is 3.11 bits per heavy atom. The number of benzene rings is 1. The standard InChI is InChI=1S/C16H24N2O/c1-13-3-2-4-14(11-13)8-10-18-16(19)6-5-15-7-9-17-12-15/h2-4,11,15,17H,5-10,12H2,1H3,(H,18,19). The molecule has 0 bridgehead atoms. The average molecular weight is 260 g/mol. The van der Waals surface area contributed by atoms with Gasteiger partial charge in [-0.1, -0.05) is 29.8 Å². The molecule has 2 rings (SSSR count). The van der Waals surface area contributed by atoms with E-state index < -0.39 is 0 Å². The SMILES string of the molecule is Cc1cccc(CCNC(=O)CCC2CCNC2)c1. The van der Waals surface area contributed by atoms with Crippen molar-refractivity contribution in [3.8, 4) is 0 Å². The van der Waals surface area contributed by atoms with E-state index in [-0.39, 0.29) is 5.91 Å². The zero-order chi connectivity index (χ0) is 13.5. The summed E-state index contributed by atoms with van der Waals surface area (Å²) in [5.74, 6) is 0.891. The first-order valence-electron chi connectivity index (χ1n) is 7.27. The molecule has 1 aromatic rings. The van der Waals surface area contributed by atoms with Gasteiger partial charge in [-0.2, -0.15) is 0 Å². The van der Waals surface area contributed by atoms with Crippen LogP contribution in [0.1, 0.15) is 30.4 Å². The molecule has 1 aliphatic rings. The smallest absolute Gasteiger partial charge is 0.220 e. The zero-order valence-electron chi connectivity index (χ0n) is 11.7. The average Bonchev–Trinajstić information content (AvgIpc) is 2.89. The molecule has 1 heterocycles. The minimum Gasteiger partial charge on any atom is -0.356 e. The maximum absolute atomic E-state index is 11.7. The second-order valence-electron chi connectivity index (χ2n) is 5.49. The lowest BCUT2D eigenvalue weighted by molar-refractivity contribution is -0.121. The Kier molecular flexibility index (Phi) is 5.40. The molecule has 3 heteroatoms. The van der Waals surface area contributed by atoms with Crippen LogP contribution in [0.25, 0.3) is 0 Å². The third-order valence-corrected chi connectivity index (χ3v) is 3.76. The van der Waals surface area contributed by atoms with E-state index in [4.69, 9.17) is 0 Å². The topological polar surface area (TPSA) is 41.1 Å². The van der Waals surface area contributed by atoms with Gasteiger partial charge in [-0.3, -0.25) is 4.79 Å². The first-order chi connectivity index (χ1) is 9.24. The molecular weight excluding hydrogens is 236 g/mol. The molecule has 0 aromatic heterocycles. The number of hydrogen-bond acceptors (Lipinski definition) is 2. The summed E-state index contributed by atoms with van der Waals surface area (Å²) in [5.41, 5.74) is 2.57. The van der Waals surface area contributed by atoms with Gasteiger partial charge in [0.25, 0.3) is 0 Å². The summed E-state index contributed by atoms with van der Waals surface area (Å²) in [6.07, 6.45) is 3.82. The van der Waals surface area contributed by atoms with Crippen molar-refractivity contribution in [1.29, 1.82) is 0 Å². The Morgan fingerprint density at radius 2 is 2.37 bits per heavy atom. The molecule has 1 aliphatic heterocycles. The number of rotatable bonds is 6. The van der Waals surface area contributed by atoms with Gasteiger partial charge in [0, 0.05) is 13.0 Å². The van der Waals surface area contributed by atoms with Crippen molar-refractivity contribution in [3.63, 3.8) is 0 Å². The third-order valence-electron chi connectivity index (χ3n) is 3.76. The maximum atomic E-state index is 11.7. The number of aryl methyl sites for hydroxylation is 1. The quantitative estimate of drug-likeness (QED) is 0.822. The molecule has 1 aromatic carbocycles. The zero-order valence-corrected chi connectivity index (χ0v) is 11.7. The van der Waals surface area contributed by atoms with Gasteiger partial charge in [0.1, 0.15) is 0 Å². The highest BCUT2D eigenvalue weighted by molar-refractivity contribution is 5.75. The van der Waals surface area contributed by atoms with Crippen LogP contribution in [0.4, 0.5) is 0 Å². The lowest BCUT2D eigenvalue weighted by Crippen LogP contribution is -2.26. The fourth-order valence-electron chi connectivity index (χ4n) is 2.60. The van der Waals surface area contributed by atoms with Crippen LogP contribution in [-0.4, -0.2) is 25.5 Å². The molecule has 0 aliphatic carbocycles. The molecule has 0 saturated carbocycles. The number of carbonyl (C=O) groups excluding carboxylic acids is 1. The largest absolute Gasteiger partial charge is 0.356 e. The predicted octanol–water partition coefficient (Wildman–Crippen LogP) is 2.04. The molecule has 104 valence electrons. The van der Waals surface area contributed by atoms with Crippen molar-refractivity contribution in [3.05, 3.63) is 35.4 Å². The van der Waals surface area contributed by atoms with Gasteiger partial charge in [-0.15, -0.1) is 0 Å². The lowest BCUT2D eigenvalue weighted by atomic mass is 10.0. The van der Waals surface area contributed by atoms with Gasteiger partial charge in [-0.05, 0) is 50.8 Å². The van der Waals surface area contributed by atoms with Gasteiger partial charge in [0.2, 0.25) is 5.91 Å². The molecule has 0 spiro atoms. The molecular formula is C16H24N2O. The van der Waals surface area contributed by atoms with E-state index in [0.29, 0.717) is 12.3 Å². The van der Waals surface area contributed by atoms with Crippen molar-refractivity contribution < 1.29 is 4.79 Å². The molecule has 19 heavy (non-hydrogen) atoms. The summed E-state index contributed by atoms with van der Waals surface area (Å²) in [6, 6.07) is 8.46. The van der Waals surface area contributed by atoms with E-state index in [1.54, 1.807) is 0 Å². The van der Waals surface area contributed by atoms with Crippen molar-refractivity contribution in [2.75, 3.05) is 19.6 Å². The van der Waals surface area contributed by atoms with Gasteiger partial charge in [-0.25, -0.2) is 0 Å². The first kappa shape index (κ1) is 14.1. The van der Waals surface area contributed by atoms with Crippen LogP contribution >= 0.6 is 0 Å². The normalized spacial score (nSPS) is 18.5. The van der Waals surface area contributed by atoms with Crippen LogP contribution in [0.5, 0.6) is 0 Å². The second-order valence-corrected chi connectivity index (χ2v) is 5.49. The minimum atomic E-state index is 0.194. The van der Waals surface area contributed by atoms with Gasteiger partial charge >= 0.3 is 0 Å². The fourth-order valence-corrected chi connectivity index (χ4v) is 2.60. The molecule has 1 saturated heterocycles. The highest BCUT2D eigenvalue weighted by Crippen LogP contribution is 2.13. The molecule has 2 N–H and O–H groups in total. The van der Waals surface area contributed by atoms with Crippen LogP contribution < -0.4 is 10.6 Å². The highest BCUT2D eigenvalue weighted by atomic mass is 16.1. The number of carbonyl (C=O) groups is 1. The summed E-state index contributed by atoms with van der Waals surface area (Å²) in [6.45, 7) is 5.03. The Labute approximate surface area is 115 Å². The third kappa shape index (κ3) is 5.03. The van der Waals surface area contributed by atoms with E-state index >= 15 is 0 Å². The van der Waals surface area contributed by atoms with Crippen molar-refractivity contribution in [1.82, 2.24) is 10.6 Å². The molecule has 1 fully saturated rings. The minimum absolute atomic E-state index is 0.194. The van der Waals surface area contributed by atoms with Crippen molar-refractivity contribution in [2.24, 2.45) is 5.92 Å². The highest BCUT2D eigenvalue weighted by Gasteiger charge is 2.15. The van der Waals surface area contributed by atoms with E-state index in [1.165, 1.54) is 17.5 Å². The Hall–Kier alpha value is -1.35. The van der Waals surface area contributed by atoms with E-state index in [2.05, 4.69) is 41.8 Å².